The molecule has 0 atom stereocenters. The lowest BCUT2D eigenvalue weighted by atomic mass is 9.33. The fourth-order valence-corrected chi connectivity index (χ4v) is 5.58. The van der Waals surface area contributed by atoms with Crippen molar-refractivity contribution < 1.29 is 0 Å². The van der Waals surface area contributed by atoms with Crippen molar-refractivity contribution in [2.24, 2.45) is 0 Å². The van der Waals surface area contributed by atoms with E-state index in [1.807, 2.05) is 0 Å². The third-order valence-corrected chi connectivity index (χ3v) is 6.83. The first-order chi connectivity index (χ1) is 14.8. The third kappa shape index (κ3) is 1.94. The Morgan fingerprint density at radius 2 is 1.63 bits per heavy atom. The number of fused-ring (bicyclic) bond motifs is 7. The summed E-state index contributed by atoms with van der Waals surface area (Å²) >= 11 is 0. The van der Waals surface area contributed by atoms with Gasteiger partial charge in [-0.3, -0.25) is 8.97 Å². The van der Waals surface area contributed by atoms with E-state index in [9.17, 15) is 0 Å². The van der Waals surface area contributed by atoms with Gasteiger partial charge in [0.15, 0.2) is 0 Å². The number of para-hydroxylation sites is 3. The fourth-order valence-electron chi connectivity index (χ4n) is 5.58. The zero-order chi connectivity index (χ0) is 19.8. The first-order valence-corrected chi connectivity index (χ1v) is 10.7. The monoisotopic (exact) mass is 385 g/mol. The van der Waals surface area contributed by atoms with Gasteiger partial charge in [0, 0.05) is 5.69 Å². The van der Waals surface area contributed by atoms with Crippen LogP contribution in [0.1, 0.15) is 23.4 Å². The molecule has 0 N–H and O–H groups in total. The number of nitrogens with zero attached hydrogens (tertiary/aromatic N) is 3. The van der Waals surface area contributed by atoms with E-state index in [4.69, 9.17) is 4.98 Å². The Morgan fingerprint density at radius 1 is 0.867 bits per heavy atom. The van der Waals surface area contributed by atoms with Crippen LogP contribution in [0.25, 0.3) is 28.0 Å². The van der Waals surface area contributed by atoms with Gasteiger partial charge in [-0.1, -0.05) is 71.7 Å². The van der Waals surface area contributed by atoms with Gasteiger partial charge in [0.2, 0.25) is 12.5 Å². The second kappa shape index (κ2) is 5.76. The van der Waals surface area contributed by atoms with Crippen LogP contribution in [0.15, 0.2) is 78.9 Å². The summed E-state index contributed by atoms with van der Waals surface area (Å²) in [5.74, 6) is 1.03. The predicted octanol–water partition coefficient (Wildman–Crippen LogP) is 4.08. The molecule has 2 aromatic heterocycles. The Balaban J connectivity index is 1.65. The number of imidazole rings is 2. The summed E-state index contributed by atoms with van der Waals surface area (Å²) in [6, 6.07) is 26.2. The zero-order valence-corrected chi connectivity index (χ0v) is 16.8. The molecular weight excluding hydrogens is 365 g/mol. The van der Waals surface area contributed by atoms with Gasteiger partial charge < -0.3 is 0 Å². The van der Waals surface area contributed by atoms with E-state index < -0.39 is 0 Å². The highest BCUT2D eigenvalue weighted by Crippen LogP contribution is 2.38. The average Bonchev–Trinajstić information content (AvgIpc) is 3.31. The predicted molar refractivity (Wildman–Crippen MR) is 125 cm³/mol. The molecule has 0 unspecified atom stereocenters. The van der Waals surface area contributed by atoms with Crippen LogP contribution in [-0.4, -0.2) is 20.7 Å². The smallest absolute Gasteiger partial charge is 0.246 e. The zero-order valence-electron chi connectivity index (χ0n) is 16.8. The molecule has 0 amide bonds. The van der Waals surface area contributed by atoms with Crippen molar-refractivity contribution in [1.82, 2.24) is 14.0 Å². The molecule has 1 aliphatic carbocycles. The second-order valence-corrected chi connectivity index (χ2v) is 8.41. The first kappa shape index (κ1) is 16.3. The van der Waals surface area contributed by atoms with Gasteiger partial charge in [0.1, 0.15) is 0 Å². The Morgan fingerprint density at radius 3 is 2.53 bits per heavy atom. The van der Waals surface area contributed by atoms with E-state index in [-0.39, 0.29) is 6.71 Å². The second-order valence-electron chi connectivity index (χ2n) is 8.41. The van der Waals surface area contributed by atoms with Crippen LogP contribution < -0.4 is 10.9 Å². The lowest BCUT2D eigenvalue weighted by Gasteiger charge is -2.31. The van der Waals surface area contributed by atoms with Gasteiger partial charge in [-0.05, 0) is 48.9 Å². The first-order valence-electron chi connectivity index (χ1n) is 10.7. The lowest BCUT2D eigenvalue weighted by Crippen LogP contribution is -2.49. The number of hydrogen-bond donors (Lipinski definition) is 0. The average molecular weight is 385 g/mol. The SMILES string of the molecule is Cc1ccccc1B1C2=CCCc3c2n(c2nc4ccccc4n32)-c2ccccc21. The molecule has 0 saturated heterocycles. The summed E-state index contributed by atoms with van der Waals surface area (Å²) in [5, 5.41) is 0. The number of allylic oxidation sites excluding steroid dienone is 1. The van der Waals surface area contributed by atoms with Crippen molar-refractivity contribution in [2.45, 2.75) is 19.8 Å². The molecule has 3 heterocycles. The summed E-state index contributed by atoms with van der Waals surface area (Å²) in [4.78, 5) is 5.07. The summed E-state index contributed by atoms with van der Waals surface area (Å²) in [5.41, 5.74) is 11.8. The Hall–Kier alpha value is -3.53. The van der Waals surface area contributed by atoms with Crippen LogP contribution in [0.4, 0.5) is 0 Å². The molecule has 3 nitrogen and oxygen atoms in total. The van der Waals surface area contributed by atoms with Crippen LogP contribution in [0.2, 0.25) is 0 Å². The van der Waals surface area contributed by atoms with Gasteiger partial charge in [-0.2, -0.15) is 0 Å². The van der Waals surface area contributed by atoms with Crippen LogP contribution >= 0.6 is 0 Å². The molecule has 0 spiro atoms. The Labute approximate surface area is 175 Å². The van der Waals surface area contributed by atoms with E-state index in [0.29, 0.717) is 0 Å². The molecule has 0 bridgehead atoms. The number of hydrogen-bond acceptors (Lipinski definition) is 1. The summed E-state index contributed by atoms with van der Waals surface area (Å²) in [6.07, 6.45) is 4.58. The molecule has 5 aromatic rings. The molecule has 1 aliphatic heterocycles. The van der Waals surface area contributed by atoms with Crippen LogP contribution in [-0.2, 0) is 6.42 Å². The summed E-state index contributed by atoms with van der Waals surface area (Å²) in [6.45, 7) is 2.50. The summed E-state index contributed by atoms with van der Waals surface area (Å²) < 4.78 is 4.80. The Kier molecular flexibility index (Phi) is 3.13. The molecule has 7 rings (SSSR count). The normalized spacial score (nSPS) is 14.7. The molecular formula is C26H20BN3. The maximum Gasteiger partial charge on any atom is 0.246 e. The van der Waals surface area contributed by atoms with Gasteiger partial charge in [0.05, 0.1) is 22.4 Å². The molecule has 2 aliphatic rings. The van der Waals surface area contributed by atoms with E-state index >= 15 is 0 Å². The van der Waals surface area contributed by atoms with Crippen molar-refractivity contribution in [3.8, 4) is 5.69 Å². The maximum atomic E-state index is 5.07. The third-order valence-electron chi connectivity index (χ3n) is 6.83. The molecule has 4 heteroatoms. The number of aromatic nitrogens is 3. The van der Waals surface area contributed by atoms with Crippen molar-refractivity contribution in [3.63, 3.8) is 0 Å². The molecule has 142 valence electrons. The molecule has 0 radical (unpaired) electrons. The van der Waals surface area contributed by atoms with Gasteiger partial charge in [0.25, 0.3) is 0 Å². The molecule has 3 aromatic carbocycles. The minimum absolute atomic E-state index is 0.264. The van der Waals surface area contributed by atoms with Crippen molar-refractivity contribution in [3.05, 3.63) is 95.8 Å². The quantitative estimate of drug-likeness (QED) is 0.399. The van der Waals surface area contributed by atoms with Crippen LogP contribution in [0, 0.1) is 6.92 Å². The lowest BCUT2D eigenvalue weighted by molar-refractivity contribution is 0.913. The van der Waals surface area contributed by atoms with E-state index in [1.165, 1.54) is 44.6 Å². The van der Waals surface area contributed by atoms with E-state index in [1.54, 1.807) is 0 Å². The number of aryl methyl sites for hydroxylation is 2. The highest BCUT2D eigenvalue weighted by atomic mass is 15.2. The van der Waals surface area contributed by atoms with Crippen LogP contribution in [0.3, 0.4) is 0 Å². The highest BCUT2D eigenvalue weighted by Gasteiger charge is 2.39. The number of benzene rings is 3. The maximum absolute atomic E-state index is 5.07. The van der Waals surface area contributed by atoms with Crippen molar-refractivity contribution >= 4 is 39.9 Å². The number of rotatable bonds is 1. The van der Waals surface area contributed by atoms with E-state index in [0.717, 1.165) is 24.1 Å². The van der Waals surface area contributed by atoms with E-state index in [2.05, 4.69) is 94.8 Å². The largest absolute Gasteiger partial charge is 0.280 e. The van der Waals surface area contributed by atoms with Gasteiger partial charge >= 0.3 is 0 Å². The van der Waals surface area contributed by atoms with Crippen LogP contribution in [0.5, 0.6) is 0 Å². The standard InChI is InChI=1S/C26H20BN3/c1-17-9-2-3-10-18(17)27-19-11-4-6-14-22(19)30-25-20(27)12-8-16-24(25)29-23-15-7-5-13-21(23)28-26(29)30/h2-7,9-15H,8,16H2,1H3. The van der Waals surface area contributed by atoms with Crippen molar-refractivity contribution in [2.75, 3.05) is 0 Å². The molecule has 0 fully saturated rings. The topological polar surface area (TPSA) is 22.2 Å². The van der Waals surface area contributed by atoms with Gasteiger partial charge in [-0.15, -0.1) is 0 Å². The minimum Gasteiger partial charge on any atom is -0.280 e. The molecule has 0 saturated carbocycles. The minimum atomic E-state index is 0.264. The van der Waals surface area contributed by atoms with Gasteiger partial charge in [-0.25, -0.2) is 4.98 Å². The fraction of sp³-hybridized carbons (Fsp3) is 0.115. The Bertz CT molecular complexity index is 1520. The summed E-state index contributed by atoms with van der Waals surface area (Å²) in [7, 11) is 0. The molecule has 30 heavy (non-hydrogen) atoms. The highest BCUT2D eigenvalue weighted by molar-refractivity contribution is 7.00. The van der Waals surface area contributed by atoms with Crippen molar-refractivity contribution in [1.29, 1.82) is 0 Å².